The van der Waals surface area contributed by atoms with E-state index in [1.807, 2.05) is 34.9 Å². The first-order valence-corrected chi connectivity index (χ1v) is 12.8. The molecule has 0 spiro atoms. The number of benzene rings is 1. The number of fused-ring (bicyclic) bond motifs is 4. The molecule has 2 saturated heterocycles. The number of nitrogens with zero attached hydrogens (tertiary/aromatic N) is 5. The van der Waals surface area contributed by atoms with E-state index in [1.54, 1.807) is 17.7 Å². The molecule has 1 aromatic carbocycles. The molecule has 0 saturated carbocycles. The molecule has 0 amide bonds. The molecule has 9 heteroatoms. The van der Waals surface area contributed by atoms with Crippen molar-refractivity contribution in [3.8, 4) is 11.8 Å². The Balaban J connectivity index is 1.43. The molecular formula is C28H30N6O3. The van der Waals surface area contributed by atoms with Gasteiger partial charge in [-0.05, 0) is 31.4 Å². The van der Waals surface area contributed by atoms with Crippen LogP contribution in [-0.4, -0.2) is 57.4 Å². The first-order valence-electron chi connectivity index (χ1n) is 12.8. The molecule has 3 aromatic rings. The van der Waals surface area contributed by atoms with Gasteiger partial charge in [-0.25, -0.2) is 4.98 Å². The number of carbonyl (C=O) groups excluding carboxylic acids is 1. The topological polar surface area (TPSA) is 108 Å². The number of ketones is 1. The third-order valence-electron chi connectivity index (χ3n) is 7.46. The van der Waals surface area contributed by atoms with Crippen LogP contribution < -0.4 is 16.2 Å². The number of carbonyl (C=O) groups is 1. The van der Waals surface area contributed by atoms with Crippen molar-refractivity contribution in [2.75, 3.05) is 24.6 Å². The van der Waals surface area contributed by atoms with Crippen LogP contribution in [-0.2, 0) is 22.6 Å². The lowest BCUT2D eigenvalue weighted by molar-refractivity contribution is -0.131. The Labute approximate surface area is 214 Å². The fraction of sp³-hybridized carbons (Fsp3) is 0.429. The Bertz CT molecular complexity index is 1520. The van der Waals surface area contributed by atoms with Gasteiger partial charge >= 0.3 is 0 Å². The van der Waals surface area contributed by atoms with Crippen LogP contribution in [0.4, 0.5) is 5.95 Å². The van der Waals surface area contributed by atoms with E-state index in [9.17, 15) is 9.59 Å². The van der Waals surface area contributed by atoms with Crippen molar-refractivity contribution < 1.29 is 9.53 Å². The van der Waals surface area contributed by atoms with Gasteiger partial charge < -0.3 is 19.9 Å². The van der Waals surface area contributed by atoms with E-state index in [4.69, 9.17) is 20.4 Å². The number of hydrogen-bond acceptors (Lipinski definition) is 7. The highest BCUT2D eigenvalue weighted by molar-refractivity contribution is 6.05. The summed E-state index contributed by atoms with van der Waals surface area (Å²) in [7, 11) is 0. The second-order valence-corrected chi connectivity index (χ2v) is 9.87. The van der Waals surface area contributed by atoms with Gasteiger partial charge in [0.2, 0.25) is 5.95 Å². The van der Waals surface area contributed by atoms with Gasteiger partial charge in [-0.3, -0.25) is 19.1 Å². The fourth-order valence-corrected chi connectivity index (χ4v) is 5.66. The molecular weight excluding hydrogens is 468 g/mol. The maximum absolute atomic E-state index is 13.9. The summed E-state index contributed by atoms with van der Waals surface area (Å²) in [5, 5.41) is 0. The second-order valence-electron chi connectivity index (χ2n) is 9.87. The summed E-state index contributed by atoms with van der Waals surface area (Å²) < 4.78 is 9.50. The molecule has 5 heterocycles. The van der Waals surface area contributed by atoms with E-state index in [-0.39, 0.29) is 30.0 Å². The Morgan fingerprint density at radius 3 is 2.92 bits per heavy atom. The molecule has 0 radical (unpaired) electrons. The van der Waals surface area contributed by atoms with Crippen molar-refractivity contribution in [1.82, 2.24) is 14.1 Å². The summed E-state index contributed by atoms with van der Waals surface area (Å²) in [6, 6.07) is 9.23. The number of Topliss-reactive ketones (excluding diaryl/α,β-unsaturated/α-hetero) is 1. The van der Waals surface area contributed by atoms with E-state index in [0.29, 0.717) is 42.9 Å². The largest absolute Gasteiger partial charge is 0.370 e. The Kier molecular flexibility index (Phi) is 6.14. The Morgan fingerprint density at radius 2 is 2.08 bits per heavy atom. The van der Waals surface area contributed by atoms with Gasteiger partial charge in [0.05, 0.1) is 30.9 Å². The molecule has 6 rings (SSSR count). The maximum Gasteiger partial charge on any atom is 0.277 e. The van der Waals surface area contributed by atoms with E-state index >= 15 is 0 Å². The summed E-state index contributed by atoms with van der Waals surface area (Å²) >= 11 is 0. The number of anilines is 1. The van der Waals surface area contributed by atoms with Gasteiger partial charge in [0.1, 0.15) is 17.7 Å². The number of piperidine rings is 1. The Hall–Kier alpha value is -3.74. The zero-order chi connectivity index (χ0) is 25.5. The molecule has 3 aliphatic heterocycles. The standard InChI is InChI=1S/C28H30N6O3/c1-2-3-13-34-25-21(31-28(34)33-12-6-7-18(29)16-33)10-14-32(27(25)36)17-22-19-8-4-5-9-20(19)26-24(30-22)23(35)11-15-37-26/h4-5,8-10,14,18,24,26H,6-7,11-13,15-17,29H2,1H3. The summed E-state index contributed by atoms with van der Waals surface area (Å²) in [6.45, 7) is 4.35. The van der Waals surface area contributed by atoms with Crippen LogP contribution in [0, 0.1) is 11.8 Å². The van der Waals surface area contributed by atoms with Crippen molar-refractivity contribution in [2.24, 2.45) is 10.7 Å². The smallest absolute Gasteiger partial charge is 0.277 e. The van der Waals surface area contributed by atoms with Crippen molar-refractivity contribution >= 4 is 28.5 Å². The van der Waals surface area contributed by atoms with Crippen LogP contribution in [0.1, 0.15) is 43.4 Å². The van der Waals surface area contributed by atoms with Gasteiger partial charge in [0.25, 0.3) is 5.56 Å². The highest BCUT2D eigenvalue weighted by Gasteiger charge is 2.38. The quantitative estimate of drug-likeness (QED) is 0.552. The maximum atomic E-state index is 13.9. The average molecular weight is 499 g/mol. The van der Waals surface area contributed by atoms with Gasteiger partial charge in [-0.15, -0.1) is 5.92 Å². The predicted molar refractivity (Wildman–Crippen MR) is 142 cm³/mol. The predicted octanol–water partition coefficient (Wildman–Crippen LogP) is 2.05. The first-order chi connectivity index (χ1) is 18.0. The number of aliphatic imine (C=N–C) groups is 1. The van der Waals surface area contributed by atoms with Gasteiger partial charge in [-0.2, -0.15) is 0 Å². The van der Waals surface area contributed by atoms with Gasteiger partial charge in [0, 0.05) is 37.3 Å². The zero-order valence-electron chi connectivity index (χ0n) is 20.9. The normalized spacial score (nSPS) is 23.2. The average Bonchev–Trinajstić information content (AvgIpc) is 3.29. The molecule has 3 unspecified atom stereocenters. The van der Waals surface area contributed by atoms with Crippen molar-refractivity contribution in [2.45, 2.75) is 57.5 Å². The lowest BCUT2D eigenvalue weighted by atomic mass is 9.87. The molecule has 2 aromatic heterocycles. The molecule has 9 nitrogen and oxygen atoms in total. The van der Waals surface area contributed by atoms with Crippen molar-refractivity contribution in [1.29, 1.82) is 0 Å². The summed E-state index contributed by atoms with van der Waals surface area (Å²) in [6.07, 6.45) is 3.71. The van der Waals surface area contributed by atoms with Gasteiger partial charge in [-0.1, -0.05) is 30.2 Å². The molecule has 190 valence electrons. The molecule has 37 heavy (non-hydrogen) atoms. The third-order valence-corrected chi connectivity index (χ3v) is 7.46. The number of pyridine rings is 1. The second kappa shape index (κ2) is 9.61. The van der Waals surface area contributed by atoms with Crippen LogP contribution in [0.3, 0.4) is 0 Å². The van der Waals surface area contributed by atoms with Crippen molar-refractivity contribution in [3.63, 3.8) is 0 Å². The minimum absolute atomic E-state index is 0.0756. The van der Waals surface area contributed by atoms with Crippen LogP contribution >= 0.6 is 0 Å². The van der Waals surface area contributed by atoms with Gasteiger partial charge in [0.15, 0.2) is 5.78 Å². The fourth-order valence-electron chi connectivity index (χ4n) is 5.66. The van der Waals surface area contributed by atoms with Crippen molar-refractivity contribution in [3.05, 3.63) is 58.0 Å². The van der Waals surface area contributed by atoms with Crippen LogP contribution in [0.15, 0.2) is 46.3 Å². The van der Waals surface area contributed by atoms with Crippen LogP contribution in [0.5, 0.6) is 0 Å². The number of imidazole rings is 1. The van der Waals surface area contributed by atoms with E-state index in [1.165, 1.54) is 0 Å². The zero-order valence-corrected chi connectivity index (χ0v) is 20.9. The number of hydrogen-bond donors (Lipinski definition) is 1. The first kappa shape index (κ1) is 23.6. The molecule has 0 bridgehead atoms. The molecule has 0 aliphatic carbocycles. The summed E-state index contributed by atoms with van der Waals surface area (Å²) in [5.41, 5.74) is 9.80. The van der Waals surface area contributed by atoms with Crippen LogP contribution in [0.25, 0.3) is 11.0 Å². The monoisotopic (exact) mass is 498 g/mol. The lowest BCUT2D eigenvalue weighted by Crippen LogP contribution is -2.44. The lowest BCUT2D eigenvalue weighted by Gasteiger charge is -2.34. The van der Waals surface area contributed by atoms with E-state index in [2.05, 4.69) is 16.7 Å². The number of ether oxygens (including phenoxy) is 1. The molecule has 3 atom stereocenters. The molecule has 2 N–H and O–H groups in total. The highest BCUT2D eigenvalue weighted by atomic mass is 16.5. The number of rotatable bonds is 4. The SMILES string of the molecule is CC#CCn1c(N2CCCC(N)C2)nc2ccn(CC3=NC4C(=O)CCOC4c4ccccc43)c(=O)c21. The van der Waals surface area contributed by atoms with E-state index < -0.39 is 6.04 Å². The third kappa shape index (κ3) is 4.16. The number of aromatic nitrogens is 3. The summed E-state index contributed by atoms with van der Waals surface area (Å²) in [4.78, 5) is 38.4. The molecule has 3 aliphatic rings. The van der Waals surface area contributed by atoms with E-state index in [0.717, 1.165) is 36.5 Å². The number of nitrogens with two attached hydrogens (primary N) is 1. The highest BCUT2D eigenvalue weighted by Crippen LogP contribution is 2.35. The molecule has 2 fully saturated rings. The summed E-state index contributed by atoms with van der Waals surface area (Å²) in [5.74, 6) is 6.85. The minimum Gasteiger partial charge on any atom is -0.370 e. The van der Waals surface area contributed by atoms with Crippen LogP contribution in [0.2, 0.25) is 0 Å². The minimum atomic E-state index is -0.571. The Morgan fingerprint density at radius 1 is 1.22 bits per heavy atom.